The van der Waals surface area contributed by atoms with E-state index in [1.165, 1.54) is 19.2 Å². The van der Waals surface area contributed by atoms with E-state index in [4.69, 9.17) is 5.11 Å². The highest BCUT2D eigenvalue weighted by Crippen LogP contribution is 2.13. The number of nitrogens with one attached hydrogen (secondary N) is 1. The van der Waals surface area contributed by atoms with E-state index >= 15 is 0 Å². The summed E-state index contributed by atoms with van der Waals surface area (Å²) in [6.45, 7) is -0.706. The zero-order valence-electron chi connectivity index (χ0n) is 10.1. The Hall–Kier alpha value is -1.93. The SMILES string of the molecule is COC(=O)c1ccccc1CS(=O)(=O)NCC(=O)O. The highest BCUT2D eigenvalue weighted by atomic mass is 32.2. The fourth-order valence-electron chi connectivity index (χ4n) is 1.38. The van der Waals surface area contributed by atoms with Gasteiger partial charge < -0.3 is 9.84 Å². The van der Waals surface area contributed by atoms with Crippen LogP contribution in [0.4, 0.5) is 0 Å². The van der Waals surface area contributed by atoms with Crippen LogP contribution in [0.5, 0.6) is 0 Å². The molecule has 0 aliphatic carbocycles. The van der Waals surface area contributed by atoms with Crippen molar-refractivity contribution in [2.24, 2.45) is 0 Å². The van der Waals surface area contributed by atoms with Gasteiger partial charge in [0.1, 0.15) is 6.54 Å². The molecule has 7 nitrogen and oxygen atoms in total. The van der Waals surface area contributed by atoms with Crippen molar-refractivity contribution in [2.75, 3.05) is 13.7 Å². The summed E-state index contributed by atoms with van der Waals surface area (Å²) < 4.78 is 29.7. The first-order valence-corrected chi connectivity index (χ1v) is 6.86. The third-order valence-corrected chi connectivity index (χ3v) is 3.49. The molecule has 0 fully saturated rings. The van der Waals surface area contributed by atoms with Crippen molar-refractivity contribution in [1.82, 2.24) is 4.72 Å². The molecule has 0 aromatic heterocycles. The lowest BCUT2D eigenvalue weighted by molar-refractivity contribution is -0.135. The Labute approximate surface area is 110 Å². The average Bonchev–Trinajstić information content (AvgIpc) is 2.36. The van der Waals surface area contributed by atoms with E-state index in [2.05, 4.69) is 4.74 Å². The second-order valence-electron chi connectivity index (χ2n) is 3.62. The summed E-state index contributed by atoms with van der Waals surface area (Å²) in [6.07, 6.45) is 0. The standard InChI is InChI=1S/C11H13NO6S/c1-18-11(15)9-5-3-2-4-8(9)7-19(16,17)12-6-10(13)14/h2-5,12H,6-7H2,1H3,(H,13,14). The van der Waals surface area contributed by atoms with Crippen LogP contribution in [0, 0.1) is 0 Å². The molecule has 0 saturated heterocycles. The quantitative estimate of drug-likeness (QED) is 0.711. The minimum atomic E-state index is -3.83. The van der Waals surface area contributed by atoms with E-state index in [1.807, 2.05) is 4.72 Å². The molecule has 0 radical (unpaired) electrons. The molecule has 0 amide bonds. The first kappa shape index (κ1) is 15.1. The van der Waals surface area contributed by atoms with Gasteiger partial charge in [0, 0.05) is 0 Å². The van der Waals surface area contributed by atoms with E-state index < -0.39 is 34.3 Å². The first-order chi connectivity index (χ1) is 8.85. The van der Waals surface area contributed by atoms with E-state index in [1.54, 1.807) is 12.1 Å². The van der Waals surface area contributed by atoms with Crippen LogP contribution in [0.2, 0.25) is 0 Å². The molecular formula is C11H13NO6S. The molecular weight excluding hydrogens is 274 g/mol. The number of ether oxygens (including phenoxy) is 1. The number of carbonyl (C=O) groups is 2. The van der Waals surface area contributed by atoms with Crippen LogP contribution in [-0.4, -0.2) is 39.1 Å². The minimum absolute atomic E-state index is 0.130. The molecule has 104 valence electrons. The van der Waals surface area contributed by atoms with Crippen LogP contribution in [0.15, 0.2) is 24.3 Å². The Balaban J connectivity index is 2.93. The number of carboxylic acids is 1. The molecule has 0 saturated carbocycles. The van der Waals surface area contributed by atoms with Gasteiger partial charge in [-0.2, -0.15) is 0 Å². The normalized spacial score (nSPS) is 11.0. The zero-order chi connectivity index (χ0) is 14.5. The predicted octanol–water partition coefficient (Wildman–Crippen LogP) is -0.0228. The van der Waals surface area contributed by atoms with E-state index in [-0.39, 0.29) is 11.1 Å². The molecule has 0 unspecified atom stereocenters. The third kappa shape index (κ3) is 4.68. The summed E-state index contributed by atoms with van der Waals surface area (Å²) in [7, 11) is -2.64. The fourth-order valence-corrected chi connectivity index (χ4v) is 2.49. The van der Waals surface area contributed by atoms with Gasteiger partial charge in [0.25, 0.3) is 0 Å². The van der Waals surface area contributed by atoms with Crippen molar-refractivity contribution in [3.63, 3.8) is 0 Å². The lowest BCUT2D eigenvalue weighted by atomic mass is 10.1. The molecule has 2 N–H and O–H groups in total. The Morgan fingerprint density at radius 3 is 2.53 bits per heavy atom. The van der Waals surface area contributed by atoms with Gasteiger partial charge in [-0.3, -0.25) is 4.79 Å². The molecule has 1 rings (SSSR count). The summed E-state index contributed by atoms with van der Waals surface area (Å²) in [5.41, 5.74) is 0.373. The number of carbonyl (C=O) groups excluding carboxylic acids is 1. The van der Waals surface area contributed by atoms with Crippen LogP contribution in [0.3, 0.4) is 0 Å². The van der Waals surface area contributed by atoms with E-state index in [9.17, 15) is 18.0 Å². The Morgan fingerprint density at radius 2 is 1.95 bits per heavy atom. The second-order valence-corrected chi connectivity index (χ2v) is 5.43. The van der Waals surface area contributed by atoms with Crippen LogP contribution in [-0.2, 0) is 25.3 Å². The smallest absolute Gasteiger partial charge is 0.338 e. The van der Waals surface area contributed by atoms with Crippen molar-refractivity contribution < 1.29 is 27.9 Å². The molecule has 0 bridgehead atoms. The van der Waals surface area contributed by atoms with Crippen molar-refractivity contribution in [3.8, 4) is 0 Å². The molecule has 0 aliphatic rings. The molecule has 0 heterocycles. The lowest BCUT2D eigenvalue weighted by Crippen LogP contribution is -2.30. The zero-order valence-corrected chi connectivity index (χ0v) is 10.9. The molecule has 0 spiro atoms. The Morgan fingerprint density at radius 1 is 1.32 bits per heavy atom. The van der Waals surface area contributed by atoms with Gasteiger partial charge in [-0.25, -0.2) is 17.9 Å². The van der Waals surface area contributed by atoms with Crippen LogP contribution >= 0.6 is 0 Å². The van der Waals surface area contributed by atoms with Gasteiger partial charge in [0.05, 0.1) is 18.4 Å². The molecule has 0 aliphatic heterocycles. The maximum absolute atomic E-state index is 11.6. The van der Waals surface area contributed by atoms with Crippen LogP contribution in [0.25, 0.3) is 0 Å². The molecule has 19 heavy (non-hydrogen) atoms. The topological polar surface area (TPSA) is 110 Å². The number of carboxylic acid groups (broad SMARTS) is 1. The van der Waals surface area contributed by atoms with Crippen molar-refractivity contribution in [1.29, 1.82) is 0 Å². The lowest BCUT2D eigenvalue weighted by Gasteiger charge is -2.08. The highest BCUT2D eigenvalue weighted by molar-refractivity contribution is 7.88. The Kier molecular flexibility index (Phi) is 5.02. The van der Waals surface area contributed by atoms with Crippen LogP contribution < -0.4 is 4.72 Å². The predicted molar refractivity (Wildman–Crippen MR) is 66.0 cm³/mol. The fraction of sp³-hybridized carbons (Fsp3) is 0.273. The van der Waals surface area contributed by atoms with Crippen molar-refractivity contribution >= 4 is 22.0 Å². The van der Waals surface area contributed by atoms with Crippen molar-refractivity contribution in [3.05, 3.63) is 35.4 Å². The van der Waals surface area contributed by atoms with E-state index in [0.717, 1.165) is 0 Å². The molecule has 1 aromatic carbocycles. The maximum atomic E-state index is 11.6. The molecule has 1 aromatic rings. The number of sulfonamides is 1. The number of methoxy groups -OCH3 is 1. The molecule has 0 atom stereocenters. The number of aliphatic carboxylic acids is 1. The number of rotatable bonds is 6. The highest BCUT2D eigenvalue weighted by Gasteiger charge is 2.18. The van der Waals surface area contributed by atoms with Gasteiger partial charge >= 0.3 is 11.9 Å². The summed E-state index contributed by atoms with van der Waals surface area (Å²) in [4.78, 5) is 21.8. The monoisotopic (exact) mass is 287 g/mol. The largest absolute Gasteiger partial charge is 0.480 e. The number of hydrogen-bond donors (Lipinski definition) is 2. The van der Waals surface area contributed by atoms with Gasteiger partial charge in [-0.05, 0) is 11.6 Å². The van der Waals surface area contributed by atoms with Crippen LogP contribution in [0.1, 0.15) is 15.9 Å². The maximum Gasteiger partial charge on any atom is 0.338 e. The Bertz CT molecular complexity index is 581. The summed E-state index contributed by atoms with van der Waals surface area (Å²) in [6, 6.07) is 6.06. The second kappa shape index (κ2) is 6.30. The van der Waals surface area contributed by atoms with E-state index in [0.29, 0.717) is 0 Å². The molecule has 8 heteroatoms. The van der Waals surface area contributed by atoms with Gasteiger partial charge in [-0.1, -0.05) is 18.2 Å². The summed E-state index contributed by atoms with van der Waals surface area (Å²) >= 11 is 0. The number of esters is 1. The summed E-state index contributed by atoms with van der Waals surface area (Å²) in [5.74, 6) is -2.43. The van der Waals surface area contributed by atoms with Gasteiger partial charge in [-0.15, -0.1) is 0 Å². The summed E-state index contributed by atoms with van der Waals surface area (Å²) in [5, 5.41) is 8.42. The average molecular weight is 287 g/mol. The first-order valence-electron chi connectivity index (χ1n) is 5.21. The minimum Gasteiger partial charge on any atom is -0.480 e. The van der Waals surface area contributed by atoms with Gasteiger partial charge in [0.15, 0.2) is 0 Å². The van der Waals surface area contributed by atoms with Crippen molar-refractivity contribution in [2.45, 2.75) is 5.75 Å². The van der Waals surface area contributed by atoms with Gasteiger partial charge in [0.2, 0.25) is 10.0 Å². The third-order valence-electron chi connectivity index (χ3n) is 2.21. The number of benzene rings is 1. The number of hydrogen-bond acceptors (Lipinski definition) is 5.